The Hall–Kier alpha value is -4.01. The van der Waals surface area contributed by atoms with Gasteiger partial charge in [-0.25, -0.2) is 9.59 Å². The predicted molar refractivity (Wildman–Crippen MR) is 121 cm³/mol. The number of ether oxygens (including phenoxy) is 3. The number of rotatable bonds is 7. The lowest BCUT2D eigenvalue weighted by molar-refractivity contribution is -0.279. The molecule has 3 aromatic rings. The van der Waals surface area contributed by atoms with Crippen molar-refractivity contribution in [3.63, 3.8) is 0 Å². The number of carboxylic acids is 1. The fourth-order valence-corrected chi connectivity index (χ4v) is 3.65. The first-order chi connectivity index (χ1) is 17.6. The number of aliphatic hydroxyl groups is 4. The maximum Gasteiger partial charge on any atom is 0.346 e. The van der Waals surface area contributed by atoms with Crippen molar-refractivity contribution in [3.05, 3.63) is 59.0 Å². The summed E-state index contributed by atoms with van der Waals surface area (Å²) in [7, 11) is 0. The Morgan fingerprint density at radius 2 is 1.70 bits per heavy atom. The smallest absolute Gasteiger partial charge is 0.346 e. The number of esters is 1. The predicted octanol–water partition coefficient (Wildman–Crippen LogP) is -0.659. The molecule has 2 aromatic carbocycles. The highest BCUT2D eigenvalue weighted by Crippen LogP contribution is 2.28. The summed E-state index contributed by atoms with van der Waals surface area (Å²) in [5.41, 5.74) is 0.567. The number of aliphatic hydroxyl groups excluding tert-OH is 4. The lowest BCUT2D eigenvalue weighted by Crippen LogP contribution is -2.60. The van der Waals surface area contributed by atoms with E-state index in [0.29, 0.717) is 5.56 Å². The van der Waals surface area contributed by atoms with Gasteiger partial charge in [0.05, 0.1) is 10.9 Å². The minimum atomic E-state index is -2.45. The van der Waals surface area contributed by atoms with Gasteiger partial charge in [-0.3, -0.25) is 4.79 Å². The summed E-state index contributed by atoms with van der Waals surface area (Å²) in [6, 6.07) is 10.1. The van der Waals surface area contributed by atoms with E-state index >= 15 is 0 Å². The van der Waals surface area contributed by atoms with Gasteiger partial charge in [0.1, 0.15) is 54.4 Å². The van der Waals surface area contributed by atoms with Crippen LogP contribution in [0.5, 0.6) is 11.5 Å². The number of phenolic OH excluding ortho intramolecular Hbond substituents is 1. The Labute approximate surface area is 207 Å². The zero-order chi connectivity index (χ0) is 26.9. The molecule has 1 fully saturated rings. The third-order valence-electron chi connectivity index (χ3n) is 5.69. The van der Waals surface area contributed by atoms with E-state index in [-0.39, 0.29) is 33.5 Å². The molecule has 13 nitrogen and oxygen atoms in total. The number of hydrogen-bond donors (Lipinski definition) is 6. The van der Waals surface area contributed by atoms with E-state index in [4.69, 9.17) is 19.0 Å². The lowest BCUT2D eigenvalue weighted by atomic mass is 9.99. The molecule has 1 aromatic heterocycles. The minimum Gasteiger partial charge on any atom is -0.508 e. The third-order valence-corrected chi connectivity index (χ3v) is 5.69. The van der Waals surface area contributed by atoms with Gasteiger partial charge in [-0.05, 0) is 29.8 Å². The van der Waals surface area contributed by atoms with Crippen LogP contribution < -0.4 is 10.2 Å². The molecule has 6 atom stereocenters. The number of carbonyl (C=O) groups excluding carboxylic acids is 1. The topological polar surface area (TPSA) is 213 Å². The zero-order valence-corrected chi connectivity index (χ0v) is 18.8. The molecule has 1 aliphatic heterocycles. The van der Waals surface area contributed by atoms with Crippen LogP contribution in [0.1, 0.15) is 0 Å². The molecule has 0 aliphatic carbocycles. The number of aliphatic carboxylic acids is 1. The van der Waals surface area contributed by atoms with Crippen molar-refractivity contribution >= 4 is 22.9 Å². The number of carbonyl (C=O) groups is 2. The van der Waals surface area contributed by atoms with Crippen molar-refractivity contribution in [2.24, 2.45) is 0 Å². The van der Waals surface area contributed by atoms with E-state index in [9.17, 15) is 39.9 Å². The van der Waals surface area contributed by atoms with Crippen LogP contribution in [0.15, 0.2) is 57.9 Å². The summed E-state index contributed by atoms with van der Waals surface area (Å²) in [6.45, 7) is -0.763. The monoisotopic (exact) mass is 518 g/mol. The second-order valence-electron chi connectivity index (χ2n) is 8.19. The number of benzene rings is 2. The average Bonchev–Trinajstić information content (AvgIpc) is 2.88. The Morgan fingerprint density at radius 1 is 1.00 bits per heavy atom. The Kier molecular flexibility index (Phi) is 7.42. The molecule has 2 heterocycles. The molecule has 0 saturated carbocycles. The van der Waals surface area contributed by atoms with E-state index in [1.807, 2.05) is 0 Å². The number of hydrogen-bond acceptors (Lipinski definition) is 12. The van der Waals surface area contributed by atoms with Crippen molar-refractivity contribution in [1.29, 1.82) is 0 Å². The maximum absolute atomic E-state index is 12.9. The molecule has 13 heteroatoms. The summed E-state index contributed by atoms with van der Waals surface area (Å²) >= 11 is 0. The van der Waals surface area contributed by atoms with Crippen molar-refractivity contribution in [3.8, 4) is 22.6 Å². The Bertz CT molecular complexity index is 1350. The van der Waals surface area contributed by atoms with E-state index in [1.165, 1.54) is 36.6 Å². The molecule has 4 rings (SSSR count). The Morgan fingerprint density at radius 3 is 2.38 bits per heavy atom. The molecule has 0 unspecified atom stereocenters. The van der Waals surface area contributed by atoms with Crippen molar-refractivity contribution in [2.45, 2.75) is 36.8 Å². The summed E-state index contributed by atoms with van der Waals surface area (Å²) in [4.78, 5) is 35.1. The third kappa shape index (κ3) is 5.40. The van der Waals surface area contributed by atoms with Crippen LogP contribution in [0, 0.1) is 0 Å². The zero-order valence-electron chi connectivity index (χ0n) is 18.8. The van der Waals surface area contributed by atoms with E-state index in [0.717, 1.165) is 0 Å². The van der Waals surface area contributed by atoms with E-state index in [2.05, 4.69) is 4.74 Å². The highest BCUT2D eigenvalue weighted by molar-refractivity contribution is 5.96. The summed E-state index contributed by atoms with van der Waals surface area (Å²) in [5.74, 6) is -3.26. The van der Waals surface area contributed by atoms with Gasteiger partial charge in [0.2, 0.25) is 12.4 Å². The van der Waals surface area contributed by atoms with Crippen LogP contribution in [-0.4, -0.2) is 86.0 Å². The summed E-state index contributed by atoms with van der Waals surface area (Å²) < 4.78 is 21.1. The van der Waals surface area contributed by atoms with Gasteiger partial charge in [0, 0.05) is 6.07 Å². The van der Waals surface area contributed by atoms with Gasteiger partial charge >= 0.3 is 11.9 Å². The number of aromatic hydroxyl groups is 1. The fourth-order valence-electron chi connectivity index (χ4n) is 3.65. The van der Waals surface area contributed by atoms with Crippen LogP contribution in [0.4, 0.5) is 0 Å². The fraction of sp³-hybridized carbons (Fsp3) is 0.292. The van der Waals surface area contributed by atoms with Crippen LogP contribution in [-0.2, 0) is 19.1 Å². The normalized spacial score (nSPS) is 24.4. The average molecular weight is 518 g/mol. The van der Waals surface area contributed by atoms with E-state index in [1.54, 1.807) is 12.1 Å². The molecule has 37 heavy (non-hydrogen) atoms. The van der Waals surface area contributed by atoms with Gasteiger partial charge in [0.15, 0.2) is 5.43 Å². The first-order valence-electron chi connectivity index (χ1n) is 10.9. The van der Waals surface area contributed by atoms with Crippen molar-refractivity contribution in [2.75, 3.05) is 6.61 Å². The lowest BCUT2D eigenvalue weighted by Gasteiger charge is -2.39. The molecule has 0 spiro atoms. The van der Waals surface area contributed by atoms with Crippen LogP contribution in [0.25, 0.3) is 22.1 Å². The van der Waals surface area contributed by atoms with Gasteiger partial charge in [-0.2, -0.15) is 0 Å². The molecular formula is C24H22O13. The van der Waals surface area contributed by atoms with E-state index < -0.39 is 55.4 Å². The van der Waals surface area contributed by atoms with Crippen molar-refractivity contribution in [1.82, 2.24) is 0 Å². The van der Waals surface area contributed by atoms with Crippen molar-refractivity contribution < 1.29 is 58.9 Å². The molecule has 0 radical (unpaired) electrons. The summed E-state index contributed by atoms with van der Waals surface area (Å²) in [5, 5.41) is 58.1. The molecule has 1 saturated heterocycles. The van der Waals surface area contributed by atoms with Crippen LogP contribution in [0.2, 0.25) is 0 Å². The molecule has 0 amide bonds. The first-order valence-corrected chi connectivity index (χ1v) is 10.9. The van der Waals surface area contributed by atoms with Gasteiger partial charge < -0.3 is 49.3 Å². The number of phenols is 1. The standard InChI is InChI=1S/C24H22O13/c25-11-3-1-10(2-4-11)14-8-34-15-7-12(5-6-13(15)17(14)26)36-24-20(29)19(28)18(27)16(37-24)9-35-23(33)21(30)22(31)32/h1-8,16,18-21,24-25,27-30H,9H2,(H,31,32)/t16-,18-,19+,20-,21-,24-/m0/s1. The quantitative estimate of drug-likeness (QED) is 0.169. The maximum atomic E-state index is 12.9. The van der Waals surface area contributed by atoms with Crippen LogP contribution >= 0.6 is 0 Å². The molecular weight excluding hydrogens is 496 g/mol. The number of carboxylic acid groups (broad SMARTS) is 1. The highest BCUT2D eigenvalue weighted by Gasteiger charge is 2.45. The molecule has 196 valence electrons. The van der Waals surface area contributed by atoms with Crippen LogP contribution in [0.3, 0.4) is 0 Å². The second kappa shape index (κ2) is 10.5. The van der Waals surface area contributed by atoms with Gasteiger partial charge in [0.25, 0.3) is 0 Å². The van der Waals surface area contributed by atoms with Gasteiger partial charge in [-0.15, -0.1) is 0 Å². The molecule has 0 bridgehead atoms. The van der Waals surface area contributed by atoms with Gasteiger partial charge in [-0.1, -0.05) is 12.1 Å². The number of fused-ring (bicyclic) bond motifs is 1. The SMILES string of the molecule is O=C(O)[C@H](O)C(=O)OC[C@@H]1O[C@H](Oc2ccc3c(=O)c(-c4ccc(O)cc4)coc3c2)[C@@H](O)[C@H](O)[C@H]1O. The summed E-state index contributed by atoms with van der Waals surface area (Å²) in [6.07, 6.45) is -9.51. The molecule has 6 N–H and O–H groups in total. The minimum absolute atomic E-state index is 0.0405. The Balaban J connectivity index is 1.51. The highest BCUT2D eigenvalue weighted by atomic mass is 16.7. The molecule has 1 aliphatic rings. The largest absolute Gasteiger partial charge is 0.508 e. The first kappa shape index (κ1) is 26.1. The second-order valence-corrected chi connectivity index (χ2v) is 8.19.